The molecule has 0 bridgehead atoms. The lowest BCUT2D eigenvalue weighted by molar-refractivity contribution is 0.628. The van der Waals surface area contributed by atoms with Gasteiger partial charge in [0.1, 0.15) is 5.82 Å². The van der Waals surface area contributed by atoms with Crippen LogP contribution < -0.4 is 0 Å². The molecule has 2 aromatic rings. The Morgan fingerprint density at radius 1 is 1.22 bits per heavy atom. The Morgan fingerprint density at radius 2 is 1.83 bits per heavy atom. The Bertz CT molecular complexity index is 416. The summed E-state index contributed by atoms with van der Waals surface area (Å²) in [5.74, 6) is 0.605. The van der Waals surface area contributed by atoms with Crippen molar-refractivity contribution in [2.24, 2.45) is 5.92 Å². The van der Waals surface area contributed by atoms with Crippen LogP contribution in [0.3, 0.4) is 0 Å². The molecule has 0 aliphatic carbocycles. The fraction of sp³-hybridized carbons (Fsp3) is 0.308. The first-order valence-electron chi connectivity index (χ1n) is 5.51. The van der Waals surface area contributed by atoms with E-state index in [1.807, 2.05) is 27.3 Å². The Labute approximate surface area is 125 Å². The molecule has 0 aliphatic rings. The minimum atomic E-state index is -0.228. The average Bonchev–Trinajstić information content (AvgIpc) is 2.84. The monoisotopic (exact) mass is 380 g/mol. The zero-order chi connectivity index (χ0) is 14.0. The van der Waals surface area contributed by atoms with Crippen LogP contribution in [0.1, 0.15) is 20.8 Å². The third-order valence-electron chi connectivity index (χ3n) is 1.66. The lowest BCUT2D eigenvalue weighted by atomic mass is 10.1. The highest BCUT2D eigenvalue weighted by Crippen LogP contribution is 2.17. The molecule has 100 valence electrons. The normalized spacial score (nSPS) is 9.06. The molecule has 0 unspecified atom stereocenters. The molecule has 0 aliphatic heterocycles. The molecule has 1 heterocycles. The molecule has 1 aromatic carbocycles. The lowest BCUT2D eigenvalue weighted by Gasteiger charge is -1.94. The smallest absolute Gasteiger partial charge is 0.123 e. The van der Waals surface area contributed by atoms with Crippen LogP contribution in [0.2, 0.25) is 0 Å². The molecule has 0 saturated carbocycles. The van der Waals surface area contributed by atoms with Crippen LogP contribution in [0.25, 0.3) is 11.1 Å². The second kappa shape index (κ2) is 10.4. The third kappa shape index (κ3) is 7.71. The number of rotatable bonds is 1. The molecule has 0 fully saturated rings. The van der Waals surface area contributed by atoms with E-state index >= 15 is 0 Å². The van der Waals surface area contributed by atoms with Gasteiger partial charge in [0.15, 0.2) is 0 Å². The van der Waals surface area contributed by atoms with Crippen LogP contribution in [0, 0.1) is 11.7 Å². The van der Waals surface area contributed by atoms with Crippen molar-refractivity contribution in [2.45, 2.75) is 20.8 Å². The summed E-state index contributed by atoms with van der Waals surface area (Å²) >= 11 is 1.84. The van der Waals surface area contributed by atoms with Gasteiger partial charge in [0.25, 0.3) is 0 Å². The van der Waals surface area contributed by atoms with Crippen LogP contribution in [-0.4, -0.2) is 10.2 Å². The number of nitrogens with one attached hydrogen (secondary N) is 1. The van der Waals surface area contributed by atoms with Gasteiger partial charge in [-0.15, -0.1) is 9.80 Å². The summed E-state index contributed by atoms with van der Waals surface area (Å²) in [6.07, 6.45) is 3.39. The molecule has 2 nitrogen and oxygen atoms in total. The predicted molar refractivity (Wildman–Crippen MR) is 87.5 cm³/mol. The lowest BCUT2D eigenvalue weighted by Crippen LogP contribution is -1.75. The standard InChI is InChI=1S/C9H7FN2.C4H10.HIS/c10-9-3-1-2-7(4-9)8-5-11-12-6-8;1-4(2)3;1-2/h1-6H,(H,11,12);4H,1-3H3;2H. The summed E-state index contributed by atoms with van der Waals surface area (Å²) < 4.78 is 12.7. The largest absolute Gasteiger partial charge is 0.285 e. The van der Waals surface area contributed by atoms with E-state index in [1.54, 1.807) is 18.5 Å². The number of benzene rings is 1. The van der Waals surface area contributed by atoms with Crippen LogP contribution in [0.15, 0.2) is 36.7 Å². The maximum absolute atomic E-state index is 12.7. The number of thiol groups is 1. The summed E-state index contributed by atoms with van der Waals surface area (Å²) in [6.45, 7) is 6.50. The highest BCUT2D eigenvalue weighted by Gasteiger charge is 1.98. The van der Waals surface area contributed by atoms with Crippen molar-refractivity contribution in [1.29, 1.82) is 0 Å². The molecule has 0 saturated heterocycles. The first kappa shape index (κ1) is 17.4. The van der Waals surface area contributed by atoms with E-state index in [0.717, 1.165) is 17.0 Å². The summed E-state index contributed by atoms with van der Waals surface area (Å²) in [6, 6.07) is 6.42. The van der Waals surface area contributed by atoms with Crippen LogP contribution in [0.4, 0.5) is 4.39 Å². The van der Waals surface area contributed by atoms with E-state index in [2.05, 4.69) is 40.8 Å². The zero-order valence-electron chi connectivity index (χ0n) is 10.7. The van der Waals surface area contributed by atoms with Crippen molar-refractivity contribution >= 4 is 31.0 Å². The van der Waals surface area contributed by atoms with Gasteiger partial charge in [-0.05, 0) is 44.8 Å². The first-order chi connectivity index (χ1) is 8.59. The molecule has 1 aromatic heterocycles. The highest BCUT2D eigenvalue weighted by molar-refractivity contribution is 14.2. The van der Waals surface area contributed by atoms with Gasteiger partial charge < -0.3 is 0 Å². The van der Waals surface area contributed by atoms with Gasteiger partial charge in [-0.3, -0.25) is 5.10 Å². The van der Waals surface area contributed by atoms with Gasteiger partial charge in [-0.25, -0.2) is 4.39 Å². The molecule has 18 heavy (non-hydrogen) atoms. The van der Waals surface area contributed by atoms with Gasteiger partial charge in [0.2, 0.25) is 0 Å². The maximum atomic E-state index is 12.7. The second-order valence-corrected chi connectivity index (χ2v) is 4.23. The average molecular weight is 380 g/mol. The van der Waals surface area contributed by atoms with Crippen molar-refractivity contribution in [1.82, 2.24) is 10.2 Å². The van der Waals surface area contributed by atoms with E-state index in [4.69, 9.17) is 0 Å². The van der Waals surface area contributed by atoms with Crippen molar-refractivity contribution in [3.63, 3.8) is 0 Å². The summed E-state index contributed by atoms with van der Waals surface area (Å²) in [7, 11) is 3.50. The molecule has 0 spiro atoms. The van der Waals surface area contributed by atoms with Crippen LogP contribution in [-0.2, 0) is 0 Å². The molecule has 1 N–H and O–H groups in total. The summed E-state index contributed by atoms with van der Waals surface area (Å²) in [5, 5.41) is 6.46. The van der Waals surface area contributed by atoms with Crippen molar-refractivity contribution in [3.8, 4) is 11.1 Å². The van der Waals surface area contributed by atoms with Crippen molar-refractivity contribution < 1.29 is 4.39 Å². The van der Waals surface area contributed by atoms with E-state index in [1.165, 1.54) is 12.1 Å². The summed E-state index contributed by atoms with van der Waals surface area (Å²) in [5.41, 5.74) is 1.73. The number of hydrogen-bond donors (Lipinski definition) is 2. The van der Waals surface area contributed by atoms with Crippen molar-refractivity contribution in [3.05, 3.63) is 42.5 Å². The van der Waals surface area contributed by atoms with E-state index in [-0.39, 0.29) is 5.82 Å². The third-order valence-corrected chi connectivity index (χ3v) is 1.66. The number of nitrogens with zero attached hydrogens (tertiary/aromatic N) is 1. The van der Waals surface area contributed by atoms with E-state index < -0.39 is 0 Å². The number of aromatic nitrogens is 2. The van der Waals surface area contributed by atoms with Gasteiger partial charge in [-0.2, -0.15) is 5.10 Å². The van der Waals surface area contributed by atoms with Crippen LogP contribution in [0.5, 0.6) is 0 Å². The minimum absolute atomic E-state index is 0.228. The molecule has 2 rings (SSSR count). The Balaban J connectivity index is 0.000000415. The van der Waals surface area contributed by atoms with Gasteiger partial charge >= 0.3 is 0 Å². The molecule has 0 amide bonds. The zero-order valence-corrected chi connectivity index (χ0v) is 13.7. The Morgan fingerprint density at radius 3 is 2.28 bits per heavy atom. The van der Waals surface area contributed by atoms with Gasteiger partial charge in [-0.1, -0.05) is 32.9 Å². The Kier molecular flexibility index (Phi) is 10.0. The molecule has 0 atom stereocenters. The second-order valence-electron chi connectivity index (χ2n) is 4.23. The Hall–Kier alpha value is -0.560. The fourth-order valence-corrected chi connectivity index (χ4v) is 1.08. The fourth-order valence-electron chi connectivity index (χ4n) is 1.08. The topological polar surface area (TPSA) is 28.7 Å². The van der Waals surface area contributed by atoms with E-state index in [9.17, 15) is 4.39 Å². The SMILES string of the molecule is CC(C)C.Fc1cccc(-c2cn[nH]c2)c1.SI. The highest BCUT2D eigenvalue weighted by atomic mass is 127. The molecular formula is C13H18FIN2S. The predicted octanol–water partition coefficient (Wildman–Crippen LogP) is 5.14. The van der Waals surface area contributed by atoms with Crippen LogP contribution >= 0.6 is 31.0 Å². The number of hydrogen-bond acceptors (Lipinski definition) is 2. The molecule has 5 heteroatoms. The maximum Gasteiger partial charge on any atom is 0.123 e. The van der Waals surface area contributed by atoms with Gasteiger partial charge in [0.05, 0.1) is 6.20 Å². The van der Waals surface area contributed by atoms with Crippen molar-refractivity contribution in [2.75, 3.05) is 0 Å². The minimum Gasteiger partial charge on any atom is -0.285 e. The molecule has 0 radical (unpaired) electrons. The summed E-state index contributed by atoms with van der Waals surface area (Å²) in [4.78, 5) is 0. The first-order valence-corrected chi connectivity index (χ1v) is 8.74. The molecular weight excluding hydrogens is 362 g/mol. The number of H-pyrrole nitrogens is 1. The van der Waals surface area contributed by atoms with E-state index in [0.29, 0.717) is 0 Å². The number of halogens is 2. The number of aromatic amines is 1. The van der Waals surface area contributed by atoms with Gasteiger partial charge in [0, 0.05) is 11.8 Å². The quantitative estimate of drug-likeness (QED) is 0.520.